The number of rotatable bonds is 3. The Labute approximate surface area is 173 Å². The minimum absolute atomic E-state index is 0.246. The van der Waals surface area contributed by atoms with Gasteiger partial charge in [0.25, 0.3) is 5.91 Å². The first kappa shape index (κ1) is 19.7. The number of anilines is 1. The van der Waals surface area contributed by atoms with E-state index in [1.54, 1.807) is 18.2 Å². The molecule has 2 aromatic rings. The Balaban J connectivity index is 2.04. The van der Waals surface area contributed by atoms with E-state index in [2.05, 4.69) is 16.0 Å². The molecule has 3 N–H and O–H groups in total. The van der Waals surface area contributed by atoms with Crippen molar-refractivity contribution < 1.29 is 4.79 Å². The van der Waals surface area contributed by atoms with E-state index in [9.17, 15) is 4.79 Å². The van der Waals surface area contributed by atoms with Crippen molar-refractivity contribution in [2.75, 3.05) is 5.32 Å². The van der Waals surface area contributed by atoms with E-state index in [0.29, 0.717) is 32.0 Å². The van der Waals surface area contributed by atoms with Gasteiger partial charge < -0.3 is 16.0 Å². The Kier molecular flexibility index (Phi) is 5.75. The molecule has 3 rings (SSSR count). The van der Waals surface area contributed by atoms with Gasteiger partial charge in [0.1, 0.15) is 0 Å². The van der Waals surface area contributed by atoms with Gasteiger partial charge in [-0.2, -0.15) is 0 Å². The Morgan fingerprint density at radius 3 is 2.37 bits per heavy atom. The molecule has 0 bridgehead atoms. The molecular weight excluding hydrogens is 401 g/mol. The van der Waals surface area contributed by atoms with Crippen LogP contribution in [0.4, 0.5) is 5.69 Å². The van der Waals surface area contributed by atoms with Crippen LogP contribution < -0.4 is 16.0 Å². The van der Waals surface area contributed by atoms with Crippen molar-refractivity contribution in [2.24, 2.45) is 0 Å². The number of carbonyl (C=O) groups is 1. The molecule has 1 aliphatic heterocycles. The van der Waals surface area contributed by atoms with E-state index in [0.717, 1.165) is 16.8 Å². The van der Waals surface area contributed by atoms with Crippen LogP contribution in [0.25, 0.3) is 0 Å². The number of carbonyl (C=O) groups excluding carboxylic acids is 1. The number of thiocarbonyl (C=S) groups is 1. The third-order valence-corrected chi connectivity index (χ3v) is 5.53. The highest BCUT2D eigenvalue weighted by Crippen LogP contribution is 2.37. The van der Waals surface area contributed by atoms with Gasteiger partial charge in [0.05, 0.1) is 11.6 Å². The molecule has 0 aliphatic carbocycles. The van der Waals surface area contributed by atoms with Crippen LogP contribution in [0.15, 0.2) is 47.7 Å². The summed E-state index contributed by atoms with van der Waals surface area (Å²) in [5.74, 6) is -0.246. The molecule has 0 saturated carbocycles. The van der Waals surface area contributed by atoms with Gasteiger partial charge in [-0.25, -0.2) is 0 Å². The zero-order valence-electron chi connectivity index (χ0n) is 15.1. The zero-order valence-corrected chi connectivity index (χ0v) is 17.4. The van der Waals surface area contributed by atoms with Crippen molar-refractivity contribution >= 4 is 52.1 Å². The molecule has 140 valence electrons. The molecule has 0 radical (unpaired) electrons. The maximum absolute atomic E-state index is 13.2. The predicted molar refractivity (Wildman–Crippen MR) is 115 cm³/mol. The average molecular weight is 420 g/mol. The summed E-state index contributed by atoms with van der Waals surface area (Å²) in [5, 5.41) is 10.5. The molecule has 4 nitrogen and oxygen atoms in total. The predicted octanol–water partition coefficient (Wildman–Crippen LogP) is 5.04. The largest absolute Gasteiger partial charge is 0.351 e. The van der Waals surface area contributed by atoms with Crippen LogP contribution in [0.3, 0.4) is 0 Å². The van der Waals surface area contributed by atoms with Crippen molar-refractivity contribution in [3.63, 3.8) is 0 Å². The molecule has 1 atom stereocenters. The van der Waals surface area contributed by atoms with E-state index in [1.807, 2.05) is 39.0 Å². The van der Waals surface area contributed by atoms with E-state index < -0.39 is 6.04 Å². The number of aryl methyl sites for hydroxylation is 1. The summed E-state index contributed by atoms with van der Waals surface area (Å²) in [6.45, 7) is 5.79. The highest BCUT2D eigenvalue weighted by atomic mass is 35.5. The molecule has 27 heavy (non-hydrogen) atoms. The fraction of sp³-hybridized carbons (Fsp3) is 0.200. The van der Waals surface area contributed by atoms with Gasteiger partial charge in [-0.3, -0.25) is 4.79 Å². The lowest BCUT2D eigenvalue weighted by Crippen LogP contribution is -2.46. The number of allylic oxidation sites excluding steroid dienone is 1. The molecule has 0 unspecified atom stereocenters. The quantitative estimate of drug-likeness (QED) is 0.609. The van der Waals surface area contributed by atoms with Crippen LogP contribution in [-0.4, -0.2) is 11.0 Å². The van der Waals surface area contributed by atoms with Crippen molar-refractivity contribution in [2.45, 2.75) is 26.8 Å². The number of hydrogen-bond donors (Lipinski definition) is 3. The molecule has 0 saturated heterocycles. The first-order valence-corrected chi connectivity index (χ1v) is 9.55. The Hall–Kier alpha value is -2.08. The van der Waals surface area contributed by atoms with Gasteiger partial charge >= 0.3 is 0 Å². The smallest absolute Gasteiger partial charge is 0.255 e. The summed E-state index contributed by atoms with van der Waals surface area (Å²) in [6, 6.07) is 10.5. The molecule has 0 fully saturated rings. The second-order valence-corrected chi connectivity index (χ2v) is 7.63. The molecule has 1 amide bonds. The summed E-state index contributed by atoms with van der Waals surface area (Å²) >= 11 is 18.1. The number of hydrogen-bond acceptors (Lipinski definition) is 2. The highest BCUT2D eigenvalue weighted by molar-refractivity contribution is 7.80. The summed E-state index contributed by atoms with van der Waals surface area (Å²) < 4.78 is 0. The third-order valence-electron chi connectivity index (χ3n) is 4.65. The minimum Gasteiger partial charge on any atom is -0.351 e. The number of nitrogens with one attached hydrogen (secondary N) is 3. The molecule has 1 aliphatic rings. The summed E-state index contributed by atoms with van der Waals surface area (Å²) in [5.41, 5.74) is 4.64. The Bertz CT molecular complexity index is 951. The highest BCUT2D eigenvalue weighted by Gasteiger charge is 2.32. The number of halogens is 2. The second kappa shape index (κ2) is 7.89. The van der Waals surface area contributed by atoms with Crippen LogP contribution in [0.2, 0.25) is 10.0 Å². The van der Waals surface area contributed by atoms with Gasteiger partial charge in [-0.15, -0.1) is 0 Å². The molecule has 0 spiro atoms. The number of amides is 1. The summed E-state index contributed by atoms with van der Waals surface area (Å²) in [4.78, 5) is 13.2. The third kappa shape index (κ3) is 3.95. The first-order chi connectivity index (χ1) is 12.8. The fourth-order valence-electron chi connectivity index (χ4n) is 3.07. The Morgan fingerprint density at radius 1 is 1.07 bits per heavy atom. The van der Waals surface area contributed by atoms with Crippen LogP contribution in [-0.2, 0) is 4.79 Å². The normalized spacial score (nSPS) is 16.6. The monoisotopic (exact) mass is 419 g/mol. The molecular formula is C20H19Cl2N3OS. The lowest BCUT2D eigenvalue weighted by molar-refractivity contribution is -0.113. The first-order valence-electron chi connectivity index (χ1n) is 8.39. The SMILES string of the molecule is CC1=C(C(=O)Nc2cccc(C)c2C)[C@@H](c2c(Cl)cccc2Cl)NC(=S)N1. The van der Waals surface area contributed by atoms with E-state index in [-0.39, 0.29) is 5.91 Å². The van der Waals surface area contributed by atoms with Crippen molar-refractivity contribution in [1.82, 2.24) is 10.6 Å². The van der Waals surface area contributed by atoms with Gasteiger partial charge in [0, 0.05) is 27.0 Å². The van der Waals surface area contributed by atoms with Crippen molar-refractivity contribution in [3.8, 4) is 0 Å². The van der Waals surface area contributed by atoms with E-state index in [1.165, 1.54) is 0 Å². The summed E-state index contributed by atoms with van der Waals surface area (Å²) in [7, 11) is 0. The lowest BCUT2D eigenvalue weighted by Gasteiger charge is -2.31. The second-order valence-electron chi connectivity index (χ2n) is 6.41. The van der Waals surface area contributed by atoms with Crippen LogP contribution >= 0.6 is 35.4 Å². The van der Waals surface area contributed by atoms with Gasteiger partial charge in [0.2, 0.25) is 0 Å². The van der Waals surface area contributed by atoms with Crippen LogP contribution in [0.1, 0.15) is 29.7 Å². The topological polar surface area (TPSA) is 53.2 Å². The van der Waals surface area contributed by atoms with Crippen LogP contribution in [0.5, 0.6) is 0 Å². The van der Waals surface area contributed by atoms with Crippen LogP contribution in [0, 0.1) is 13.8 Å². The molecule has 2 aromatic carbocycles. The standard InChI is InChI=1S/C20H19Cl2N3OS/c1-10-6-4-9-15(11(10)2)24-19(26)16-12(3)23-20(27)25-18(16)17-13(21)7-5-8-14(17)22/h4-9,18H,1-3H3,(H,24,26)(H2,23,25,27)/t18-/m0/s1. The average Bonchev–Trinajstić information content (AvgIpc) is 2.58. The van der Waals surface area contributed by atoms with E-state index in [4.69, 9.17) is 35.4 Å². The molecule has 0 aromatic heterocycles. The van der Waals surface area contributed by atoms with Gasteiger partial charge in [0.15, 0.2) is 5.11 Å². The summed E-state index contributed by atoms with van der Waals surface area (Å²) in [6.07, 6.45) is 0. The maximum atomic E-state index is 13.2. The fourth-order valence-corrected chi connectivity index (χ4v) is 3.96. The minimum atomic E-state index is -0.551. The molecule has 1 heterocycles. The van der Waals surface area contributed by atoms with E-state index >= 15 is 0 Å². The van der Waals surface area contributed by atoms with Crippen molar-refractivity contribution in [1.29, 1.82) is 0 Å². The lowest BCUT2D eigenvalue weighted by atomic mass is 9.94. The maximum Gasteiger partial charge on any atom is 0.255 e. The number of benzene rings is 2. The Morgan fingerprint density at radius 2 is 1.70 bits per heavy atom. The zero-order chi connectivity index (χ0) is 19.7. The molecule has 7 heteroatoms. The van der Waals surface area contributed by atoms with Crippen molar-refractivity contribution in [3.05, 3.63) is 74.4 Å². The van der Waals surface area contributed by atoms with Gasteiger partial charge in [-0.1, -0.05) is 41.4 Å². The van der Waals surface area contributed by atoms with Gasteiger partial charge in [-0.05, 0) is 62.3 Å².